The Hall–Kier alpha value is -4.39. The van der Waals surface area contributed by atoms with Crippen molar-refractivity contribution in [1.29, 1.82) is 0 Å². The van der Waals surface area contributed by atoms with Gasteiger partial charge in [-0.25, -0.2) is 4.79 Å². The zero-order valence-electron chi connectivity index (χ0n) is 16.2. The summed E-state index contributed by atoms with van der Waals surface area (Å²) in [5, 5.41) is 26.6. The first-order valence-electron chi connectivity index (χ1n) is 9.64. The number of carbonyl (C=O) groups excluding carboxylic acids is 1. The summed E-state index contributed by atoms with van der Waals surface area (Å²) < 4.78 is 0. The number of aromatic carboxylic acids is 1. The van der Waals surface area contributed by atoms with E-state index in [1.807, 2.05) is 36.4 Å². The number of H-pyrrole nitrogens is 1. The highest BCUT2D eigenvalue weighted by atomic mass is 16.4. The van der Waals surface area contributed by atoms with Crippen LogP contribution in [-0.4, -0.2) is 32.3 Å². The number of carbonyl (C=O) groups is 2. The Morgan fingerprint density at radius 2 is 1.71 bits per heavy atom. The molecule has 2 heterocycles. The van der Waals surface area contributed by atoms with E-state index >= 15 is 0 Å². The highest BCUT2D eigenvalue weighted by Gasteiger charge is 2.43. The number of nitrogens with zero attached hydrogens (tertiary/aromatic N) is 2. The molecular weight excluding hydrogens is 394 g/mol. The van der Waals surface area contributed by atoms with Crippen LogP contribution in [0.2, 0.25) is 0 Å². The van der Waals surface area contributed by atoms with Crippen molar-refractivity contribution in [2.45, 2.75) is 6.04 Å². The number of aromatic amines is 1. The lowest BCUT2D eigenvalue weighted by Gasteiger charge is -2.26. The minimum absolute atomic E-state index is 0.0873. The lowest BCUT2D eigenvalue weighted by molar-refractivity contribution is 0.0696. The van der Waals surface area contributed by atoms with Gasteiger partial charge >= 0.3 is 5.97 Å². The number of phenols is 1. The van der Waals surface area contributed by atoms with Crippen LogP contribution in [0.15, 0.2) is 78.9 Å². The number of fused-ring (bicyclic) bond motifs is 1. The number of carboxylic acid groups (broad SMARTS) is 1. The third-order valence-electron chi connectivity index (χ3n) is 5.39. The largest absolute Gasteiger partial charge is 0.508 e. The summed E-state index contributed by atoms with van der Waals surface area (Å²) in [7, 11) is 0. The van der Waals surface area contributed by atoms with Gasteiger partial charge in [0.05, 0.1) is 17.3 Å². The lowest BCUT2D eigenvalue weighted by atomic mass is 9.95. The van der Waals surface area contributed by atoms with E-state index < -0.39 is 12.0 Å². The summed E-state index contributed by atoms with van der Waals surface area (Å²) >= 11 is 0. The summed E-state index contributed by atoms with van der Waals surface area (Å²) in [5.41, 5.74) is 4.00. The molecule has 1 aliphatic heterocycles. The first-order valence-corrected chi connectivity index (χ1v) is 9.64. The van der Waals surface area contributed by atoms with E-state index in [1.54, 1.807) is 35.2 Å². The number of carboxylic acids is 1. The number of hydrogen-bond donors (Lipinski definition) is 3. The van der Waals surface area contributed by atoms with Gasteiger partial charge in [0.25, 0.3) is 5.91 Å². The second-order valence-corrected chi connectivity index (χ2v) is 7.25. The van der Waals surface area contributed by atoms with E-state index in [0.29, 0.717) is 28.2 Å². The molecule has 1 aliphatic rings. The molecule has 0 bridgehead atoms. The van der Waals surface area contributed by atoms with Crippen molar-refractivity contribution in [3.63, 3.8) is 0 Å². The molecule has 31 heavy (non-hydrogen) atoms. The number of amides is 1. The average molecular weight is 411 g/mol. The fourth-order valence-corrected chi connectivity index (χ4v) is 4.00. The number of nitrogens with one attached hydrogen (secondary N) is 1. The molecule has 3 N–H and O–H groups in total. The highest BCUT2D eigenvalue weighted by molar-refractivity contribution is 6.11. The van der Waals surface area contributed by atoms with Crippen molar-refractivity contribution < 1.29 is 19.8 Å². The molecule has 1 aromatic heterocycles. The molecule has 152 valence electrons. The molecule has 0 spiro atoms. The molecule has 1 atom stereocenters. The van der Waals surface area contributed by atoms with E-state index in [4.69, 9.17) is 0 Å². The van der Waals surface area contributed by atoms with Crippen LogP contribution in [0, 0.1) is 0 Å². The Morgan fingerprint density at radius 1 is 0.968 bits per heavy atom. The van der Waals surface area contributed by atoms with Crippen molar-refractivity contribution >= 4 is 17.6 Å². The number of aromatic nitrogens is 2. The van der Waals surface area contributed by atoms with Crippen LogP contribution >= 0.6 is 0 Å². The molecule has 0 aliphatic carbocycles. The summed E-state index contributed by atoms with van der Waals surface area (Å²) in [6, 6.07) is 21.9. The van der Waals surface area contributed by atoms with Crippen molar-refractivity contribution in [3.05, 3.63) is 101 Å². The number of rotatable bonds is 4. The third-order valence-corrected chi connectivity index (χ3v) is 5.39. The van der Waals surface area contributed by atoms with Gasteiger partial charge in [0.1, 0.15) is 11.4 Å². The monoisotopic (exact) mass is 411 g/mol. The zero-order chi connectivity index (χ0) is 21.5. The maximum Gasteiger partial charge on any atom is 0.335 e. The number of hydrogen-bond acceptors (Lipinski definition) is 4. The molecule has 3 aromatic carbocycles. The fourth-order valence-electron chi connectivity index (χ4n) is 4.00. The predicted molar refractivity (Wildman–Crippen MR) is 114 cm³/mol. The van der Waals surface area contributed by atoms with Crippen LogP contribution in [-0.2, 0) is 0 Å². The van der Waals surface area contributed by atoms with E-state index in [1.165, 1.54) is 12.1 Å². The lowest BCUT2D eigenvalue weighted by Crippen LogP contribution is -2.29. The van der Waals surface area contributed by atoms with Gasteiger partial charge in [-0.3, -0.25) is 14.8 Å². The summed E-state index contributed by atoms with van der Waals surface area (Å²) in [6.45, 7) is 0. The molecule has 4 aromatic rings. The van der Waals surface area contributed by atoms with Crippen molar-refractivity contribution in [2.75, 3.05) is 4.90 Å². The summed E-state index contributed by atoms with van der Waals surface area (Å²) in [5.74, 6) is -1.23. The van der Waals surface area contributed by atoms with Gasteiger partial charge in [-0.1, -0.05) is 42.5 Å². The molecule has 0 saturated heterocycles. The minimum atomic E-state index is -1.04. The Labute approximate surface area is 177 Å². The second-order valence-electron chi connectivity index (χ2n) is 7.25. The van der Waals surface area contributed by atoms with Gasteiger partial charge in [0, 0.05) is 16.8 Å². The van der Waals surface area contributed by atoms with Crippen LogP contribution in [0.4, 0.5) is 5.69 Å². The third kappa shape index (κ3) is 3.03. The topological polar surface area (TPSA) is 107 Å². The molecule has 0 fully saturated rings. The summed E-state index contributed by atoms with van der Waals surface area (Å²) in [4.78, 5) is 26.2. The second kappa shape index (κ2) is 7.14. The molecular formula is C24H17N3O4. The number of aromatic hydroxyl groups is 1. The first kappa shape index (κ1) is 18.6. The van der Waals surface area contributed by atoms with Gasteiger partial charge in [-0.05, 0) is 42.0 Å². The van der Waals surface area contributed by atoms with Crippen LogP contribution in [0.1, 0.15) is 38.0 Å². The van der Waals surface area contributed by atoms with Crippen molar-refractivity contribution in [3.8, 4) is 17.0 Å². The van der Waals surface area contributed by atoms with Gasteiger partial charge in [0.15, 0.2) is 0 Å². The number of phenolic OH excluding ortho intramolecular Hbond substituents is 1. The van der Waals surface area contributed by atoms with Crippen molar-refractivity contribution in [2.24, 2.45) is 0 Å². The van der Waals surface area contributed by atoms with E-state index in [0.717, 1.165) is 5.56 Å². The van der Waals surface area contributed by atoms with Crippen LogP contribution < -0.4 is 4.90 Å². The maximum atomic E-state index is 13.4. The standard InChI is InChI=1S/C24H17N3O4/c28-18-8-4-7-16(13-18)22-19-20(14-5-2-1-3-6-14)25-26-21(19)23(29)27(22)17-11-9-15(10-12-17)24(30)31/h1-13,22,28H,(H,25,26)(H,30,31). The van der Waals surface area contributed by atoms with Crippen molar-refractivity contribution in [1.82, 2.24) is 10.2 Å². The quantitative estimate of drug-likeness (QED) is 0.466. The Bertz CT molecular complexity index is 1300. The van der Waals surface area contributed by atoms with Crippen LogP contribution in [0.25, 0.3) is 11.3 Å². The zero-order valence-corrected chi connectivity index (χ0v) is 16.2. The SMILES string of the molecule is O=C(O)c1ccc(N2C(=O)c3[nH]nc(-c4ccccc4)c3C2c2cccc(O)c2)cc1. The normalized spacial score (nSPS) is 15.2. The van der Waals surface area contributed by atoms with Gasteiger partial charge in [-0.2, -0.15) is 5.10 Å². The minimum Gasteiger partial charge on any atom is -0.508 e. The molecule has 0 saturated carbocycles. The fraction of sp³-hybridized carbons (Fsp3) is 0.0417. The molecule has 1 amide bonds. The maximum absolute atomic E-state index is 13.4. The first-order chi connectivity index (χ1) is 15.0. The summed E-state index contributed by atoms with van der Waals surface area (Å²) in [6.07, 6.45) is 0. The average Bonchev–Trinajstić information content (AvgIpc) is 3.33. The van der Waals surface area contributed by atoms with Gasteiger partial charge in [0.2, 0.25) is 0 Å². The Kier molecular flexibility index (Phi) is 4.29. The van der Waals surface area contributed by atoms with E-state index in [-0.39, 0.29) is 17.2 Å². The molecule has 7 nitrogen and oxygen atoms in total. The molecule has 1 unspecified atom stereocenters. The van der Waals surface area contributed by atoms with E-state index in [9.17, 15) is 19.8 Å². The van der Waals surface area contributed by atoms with Gasteiger partial charge in [-0.15, -0.1) is 0 Å². The van der Waals surface area contributed by atoms with E-state index in [2.05, 4.69) is 10.2 Å². The predicted octanol–water partition coefficient (Wildman–Crippen LogP) is 4.23. The molecule has 5 rings (SSSR count). The Morgan fingerprint density at radius 3 is 2.39 bits per heavy atom. The Balaban J connectivity index is 1.70. The van der Waals surface area contributed by atoms with Crippen LogP contribution in [0.3, 0.4) is 0 Å². The highest BCUT2D eigenvalue weighted by Crippen LogP contribution is 2.45. The smallest absolute Gasteiger partial charge is 0.335 e. The number of anilines is 1. The molecule has 7 heteroatoms. The molecule has 0 radical (unpaired) electrons. The van der Waals surface area contributed by atoms with Gasteiger partial charge < -0.3 is 10.2 Å². The van der Waals surface area contributed by atoms with Crippen LogP contribution in [0.5, 0.6) is 5.75 Å². The number of benzene rings is 3.